The molecule has 70 valence electrons. The average Bonchev–Trinajstić information content (AvgIpc) is 2.49. The summed E-state index contributed by atoms with van der Waals surface area (Å²) in [5.74, 6) is 1.10. The molecule has 0 atom stereocenters. The molecule has 1 aromatic carbocycles. The lowest BCUT2D eigenvalue weighted by Gasteiger charge is -2.11. The molecule has 0 fully saturated rings. The van der Waals surface area contributed by atoms with E-state index in [0.717, 1.165) is 5.88 Å². The Hall–Kier alpha value is -0.630. The van der Waals surface area contributed by atoms with E-state index in [1.54, 1.807) is 0 Å². The van der Waals surface area contributed by atoms with Gasteiger partial charge in [-0.2, -0.15) is 0 Å². The summed E-state index contributed by atoms with van der Waals surface area (Å²) in [5.41, 5.74) is 2.88. The zero-order valence-electron chi connectivity index (χ0n) is 8.21. The first-order valence-corrected chi connectivity index (χ1v) is 5.76. The number of thioether (sulfide) groups is 1. The summed E-state index contributed by atoms with van der Waals surface area (Å²) in [6.45, 7) is 2.23. The fourth-order valence-corrected chi connectivity index (χ4v) is 2.66. The quantitative estimate of drug-likeness (QED) is 0.710. The van der Waals surface area contributed by atoms with E-state index >= 15 is 0 Å². The van der Waals surface area contributed by atoms with Crippen LogP contribution >= 0.6 is 11.8 Å². The minimum absolute atomic E-state index is 1.10. The zero-order chi connectivity index (χ0) is 9.26. The second kappa shape index (κ2) is 3.62. The molecule has 0 bridgehead atoms. The predicted octanol–water partition coefficient (Wildman–Crippen LogP) is 3.14. The van der Waals surface area contributed by atoms with Crippen molar-refractivity contribution in [2.24, 2.45) is 0 Å². The molecule has 0 spiro atoms. The van der Waals surface area contributed by atoms with Crippen LogP contribution < -0.4 is 4.90 Å². The Bertz CT molecular complexity index is 309. The van der Waals surface area contributed by atoms with E-state index in [9.17, 15) is 0 Å². The summed E-state index contributed by atoms with van der Waals surface area (Å²) in [6, 6.07) is 6.85. The zero-order valence-corrected chi connectivity index (χ0v) is 9.03. The van der Waals surface area contributed by atoms with Crippen LogP contribution in [0.2, 0.25) is 0 Å². The summed E-state index contributed by atoms with van der Waals surface area (Å²) >= 11 is 1.93. The number of anilines is 1. The molecule has 0 saturated carbocycles. The molecule has 0 aromatic heterocycles. The van der Waals surface area contributed by atoms with E-state index in [4.69, 9.17) is 0 Å². The van der Waals surface area contributed by atoms with Crippen LogP contribution in [0.25, 0.3) is 0 Å². The van der Waals surface area contributed by atoms with E-state index < -0.39 is 0 Å². The van der Waals surface area contributed by atoms with Gasteiger partial charge in [0.15, 0.2) is 0 Å². The minimum atomic E-state index is 1.10. The highest BCUT2D eigenvalue weighted by Gasteiger charge is 2.15. The third-order valence-electron chi connectivity index (χ3n) is 2.39. The molecule has 1 nitrogen and oxygen atoms in total. The Morgan fingerprint density at radius 1 is 1.46 bits per heavy atom. The molecule has 1 aliphatic heterocycles. The molecule has 0 aliphatic carbocycles. The molecule has 0 unspecified atom stereocenters. The van der Waals surface area contributed by atoms with Gasteiger partial charge >= 0.3 is 0 Å². The van der Waals surface area contributed by atoms with E-state index in [0.29, 0.717) is 0 Å². The largest absolute Gasteiger partial charge is 0.364 e. The van der Waals surface area contributed by atoms with Crippen molar-refractivity contribution in [3.8, 4) is 0 Å². The molecule has 0 amide bonds. The van der Waals surface area contributed by atoms with Gasteiger partial charge in [0.25, 0.3) is 0 Å². The van der Waals surface area contributed by atoms with Gasteiger partial charge in [0.1, 0.15) is 0 Å². The van der Waals surface area contributed by atoms with Gasteiger partial charge in [0.2, 0.25) is 0 Å². The lowest BCUT2D eigenvalue weighted by atomic mass is 10.1. The van der Waals surface area contributed by atoms with Gasteiger partial charge in [-0.25, -0.2) is 0 Å². The summed E-state index contributed by atoms with van der Waals surface area (Å²) in [5, 5.41) is 0. The minimum Gasteiger partial charge on any atom is -0.364 e. The lowest BCUT2D eigenvalue weighted by molar-refractivity contribution is 0.918. The van der Waals surface area contributed by atoms with E-state index in [1.165, 1.54) is 29.0 Å². The van der Waals surface area contributed by atoms with Crippen molar-refractivity contribution in [2.75, 3.05) is 17.8 Å². The topological polar surface area (TPSA) is 3.24 Å². The molecule has 1 aromatic rings. The Balaban J connectivity index is 2.31. The van der Waals surface area contributed by atoms with E-state index in [-0.39, 0.29) is 0 Å². The summed E-state index contributed by atoms with van der Waals surface area (Å²) in [7, 11) is 2.16. The first-order valence-electron chi connectivity index (χ1n) is 4.78. The number of aryl methyl sites for hydroxylation is 1. The predicted molar refractivity (Wildman–Crippen MR) is 59.6 cm³/mol. The molecule has 1 heterocycles. The Morgan fingerprint density at radius 2 is 2.31 bits per heavy atom. The third kappa shape index (κ3) is 1.68. The first-order chi connectivity index (χ1) is 6.31. The maximum atomic E-state index is 2.33. The van der Waals surface area contributed by atoms with Gasteiger partial charge < -0.3 is 4.90 Å². The van der Waals surface area contributed by atoms with Gasteiger partial charge in [-0.05, 0) is 24.1 Å². The van der Waals surface area contributed by atoms with Crippen molar-refractivity contribution in [3.63, 3.8) is 0 Å². The van der Waals surface area contributed by atoms with Crippen molar-refractivity contribution in [3.05, 3.63) is 23.8 Å². The number of hydrogen-bond donors (Lipinski definition) is 0. The van der Waals surface area contributed by atoms with Gasteiger partial charge in [-0.15, -0.1) is 11.8 Å². The SMILES string of the molecule is CCCc1ccc2c(c1)N(C)CS2. The van der Waals surface area contributed by atoms with E-state index in [1.807, 2.05) is 11.8 Å². The van der Waals surface area contributed by atoms with Crippen LogP contribution in [-0.2, 0) is 6.42 Å². The summed E-state index contributed by atoms with van der Waals surface area (Å²) < 4.78 is 0. The highest BCUT2D eigenvalue weighted by Crippen LogP contribution is 2.37. The maximum Gasteiger partial charge on any atom is 0.0683 e. The molecular weight excluding hydrogens is 178 g/mol. The monoisotopic (exact) mass is 193 g/mol. The van der Waals surface area contributed by atoms with Crippen LogP contribution in [0.3, 0.4) is 0 Å². The molecule has 0 saturated heterocycles. The van der Waals surface area contributed by atoms with Gasteiger partial charge in [-0.3, -0.25) is 0 Å². The van der Waals surface area contributed by atoms with Gasteiger partial charge in [0, 0.05) is 11.9 Å². The highest BCUT2D eigenvalue weighted by molar-refractivity contribution is 7.99. The number of benzene rings is 1. The molecule has 0 N–H and O–H groups in total. The van der Waals surface area contributed by atoms with Crippen molar-refractivity contribution >= 4 is 17.4 Å². The van der Waals surface area contributed by atoms with E-state index in [2.05, 4.69) is 37.1 Å². The molecule has 1 aliphatic rings. The van der Waals surface area contributed by atoms with Crippen molar-refractivity contribution in [1.82, 2.24) is 0 Å². The fourth-order valence-electron chi connectivity index (χ4n) is 1.66. The first kappa shape index (κ1) is 8.95. The summed E-state index contributed by atoms with van der Waals surface area (Å²) in [4.78, 5) is 3.75. The molecule has 2 rings (SSSR count). The highest BCUT2D eigenvalue weighted by atomic mass is 32.2. The Morgan fingerprint density at radius 3 is 3.08 bits per heavy atom. The standard InChI is InChI=1S/C11H15NS/c1-3-4-9-5-6-11-10(7-9)12(2)8-13-11/h5-7H,3-4,8H2,1-2H3. The lowest BCUT2D eigenvalue weighted by Crippen LogP contribution is -2.10. The average molecular weight is 193 g/mol. The second-order valence-corrected chi connectivity index (χ2v) is 4.51. The van der Waals surface area contributed by atoms with Crippen molar-refractivity contribution < 1.29 is 0 Å². The molecule has 0 radical (unpaired) electrons. The van der Waals surface area contributed by atoms with Crippen LogP contribution in [0.4, 0.5) is 5.69 Å². The number of hydrogen-bond acceptors (Lipinski definition) is 2. The van der Waals surface area contributed by atoms with Crippen LogP contribution in [0, 0.1) is 0 Å². The van der Waals surface area contributed by atoms with Crippen LogP contribution in [-0.4, -0.2) is 12.9 Å². The Kier molecular flexibility index (Phi) is 2.49. The number of rotatable bonds is 2. The Labute approximate surface area is 84.1 Å². The van der Waals surface area contributed by atoms with Crippen LogP contribution in [0.1, 0.15) is 18.9 Å². The summed E-state index contributed by atoms with van der Waals surface area (Å²) in [6.07, 6.45) is 2.43. The van der Waals surface area contributed by atoms with Crippen molar-refractivity contribution in [2.45, 2.75) is 24.7 Å². The van der Waals surface area contributed by atoms with Crippen LogP contribution in [0.5, 0.6) is 0 Å². The normalized spacial score (nSPS) is 14.8. The second-order valence-electron chi connectivity index (χ2n) is 3.52. The van der Waals surface area contributed by atoms with Gasteiger partial charge in [0.05, 0.1) is 11.6 Å². The third-order valence-corrected chi connectivity index (χ3v) is 3.56. The smallest absolute Gasteiger partial charge is 0.0683 e. The van der Waals surface area contributed by atoms with Crippen LogP contribution in [0.15, 0.2) is 23.1 Å². The van der Waals surface area contributed by atoms with Gasteiger partial charge in [-0.1, -0.05) is 19.4 Å². The maximum absolute atomic E-state index is 2.33. The number of fused-ring (bicyclic) bond motifs is 1. The molecular formula is C11H15NS. The molecule has 2 heteroatoms. The van der Waals surface area contributed by atoms with Crippen molar-refractivity contribution in [1.29, 1.82) is 0 Å². The fraction of sp³-hybridized carbons (Fsp3) is 0.455. The molecule has 13 heavy (non-hydrogen) atoms. The number of nitrogens with zero attached hydrogens (tertiary/aromatic N) is 1.